The van der Waals surface area contributed by atoms with E-state index < -0.39 is 11.6 Å². The number of nitrogens with zero attached hydrogens (tertiary/aromatic N) is 3. The van der Waals surface area contributed by atoms with Crippen LogP contribution in [0.1, 0.15) is 0 Å². The van der Waals surface area contributed by atoms with Gasteiger partial charge in [0.05, 0.1) is 6.20 Å². The summed E-state index contributed by atoms with van der Waals surface area (Å²) in [6.45, 7) is 0. The number of hydrazine groups is 1. The van der Waals surface area contributed by atoms with Crippen molar-refractivity contribution < 1.29 is 8.78 Å². The van der Waals surface area contributed by atoms with Crippen molar-refractivity contribution in [1.82, 2.24) is 14.4 Å². The Labute approximate surface area is 112 Å². The van der Waals surface area contributed by atoms with E-state index >= 15 is 0 Å². The van der Waals surface area contributed by atoms with Crippen LogP contribution in [-0.2, 0) is 0 Å². The summed E-state index contributed by atoms with van der Waals surface area (Å²) >= 11 is 0. The number of hydrogen-bond donors (Lipinski definition) is 3. The molecule has 0 atom stereocenters. The fraction of sp³-hybridized carbons (Fsp3) is 0. The van der Waals surface area contributed by atoms with Crippen LogP contribution in [-0.4, -0.2) is 14.4 Å². The van der Waals surface area contributed by atoms with Crippen LogP contribution in [0.4, 0.5) is 26.1 Å². The maximum atomic E-state index is 13.2. The van der Waals surface area contributed by atoms with E-state index in [1.807, 2.05) is 0 Å². The van der Waals surface area contributed by atoms with Crippen LogP contribution >= 0.6 is 0 Å². The third kappa shape index (κ3) is 2.12. The third-order valence-electron chi connectivity index (χ3n) is 2.70. The standard InChI is InChI=1S/C12H10F2N6/c13-8-2-1-7(5-9(8)14)17-11-12-16-3-4-20(12)6-10(18-11)19-15/h1-6,19H,15H2,(H,17,18). The van der Waals surface area contributed by atoms with E-state index in [9.17, 15) is 8.78 Å². The molecule has 1 aromatic carbocycles. The molecule has 0 spiro atoms. The molecule has 0 aliphatic carbocycles. The molecule has 0 saturated carbocycles. The predicted octanol–water partition coefficient (Wildman–Crippen LogP) is 2.04. The molecule has 0 saturated heterocycles. The SMILES string of the molecule is NNc1cn2ccnc2c(Nc2ccc(F)c(F)c2)n1. The van der Waals surface area contributed by atoms with Crippen molar-refractivity contribution in [2.45, 2.75) is 0 Å². The molecule has 20 heavy (non-hydrogen) atoms. The lowest BCUT2D eigenvalue weighted by Gasteiger charge is -2.09. The maximum absolute atomic E-state index is 13.2. The molecule has 0 bridgehead atoms. The molecule has 0 aliphatic heterocycles. The van der Waals surface area contributed by atoms with Gasteiger partial charge in [-0.15, -0.1) is 0 Å². The first-order valence-corrected chi connectivity index (χ1v) is 5.70. The van der Waals surface area contributed by atoms with Crippen LogP contribution in [0.3, 0.4) is 0 Å². The van der Waals surface area contributed by atoms with E-state index in [-0.39, 0.29) is 0 Å². The predicted molar refractivity (Wildman–Crippen MR) is 70.4 cm³/mol. The highest BCUT2D eigenvalue weighted by Gasteiger charge is 2.09. The lowest BCUT2D eigenvalue weighted by atomic mass is 10.3. The van der Waals surface area contributed by atoms with Crippen molar-refractivity contribution in [2.75, 3.05) is 10.7 Å². The number of nitrogens with two attached hydrogens (primary N) is 1. The molecular weight excluding hydrogens is 266 g/mol. The largest absolute Gasteiger partial charge is 0.337 e. The first-order chi connectivity index (χ1) is 9.67. The summed E-state index contributed by atoms with van der Waals surface area (Å²) in [6, 6.07) is 3.48. The molecule has 4 N–H and O–H groups in total. The second-order valence-electron chi connectivity index (χ2n) is 4.03. The van der Waals surface area contributed by atoms with Gasteiger partial charge < -0.3 is 15.1 Å². The van der Waals surface area contributed by atoms with Gasteiger partial charge in [0.1, 0.15) is 0 Å². The fourth-order valence-electron chi connectivity index (χ4n) is 1.80. The van der Waals surface area contributed by atoms with Crippen LogP contribution in [0.5, 0.6) is 0 Å². The molecule has 2 heterocycles. The van der Waals surface area contributed by atoms with Crippen LogP contribution < -0.4 is 16.6 Å². The topological polar surface area (TPSA) is 80.3 Å². The zero-order chi connectivity index (χ0) is 14.1. The van der Waals surface area contributed by atoms with Crippen molar-refractivity contribution in [3.05, 3.63) is 48.4 Å². The molecule has 3 aromatic rings. The first-order valence-electron chi connectivity index (χ1n) is 5.70. The Bertz CT molecular complexity index is 770. The van der Waals surface area contributed by atoms with Gasteiger partial charge in [0.15, 0.2) is 28.9 Å². The summed E-state index contributed by atoms with van der Waals surface area (Å²) in [7, 11) is 0. The lowest BCUT2D eigenvalue weighted by Crippen LogP contribution is -2.11. The summed E-state index contributed by atoms with van der Waals surface area (Å²) in [6.07, 6.45) is 4.96. The van der Waals surface area contributed by atoms with Gasteiger partial charge in [-0.2, -0.15) is 0 Å². The number of nitrogens with one attached hydrogen (secondary N) is 2. The van der Waals surface area contributed by atoms with E-state index in [4.69, 9.17) is 5.84 Å². The Balaban J connectivity index is 2.04. The fourth-order valence-corrected chi connectivity index (χ4v) is 1.80. The number of aromatic nitrogens is 3. The van der Waals surface area contributed by atoms with Gasteiger partial charge in [-0.1, -0.05) is 0 Å². The highest BCUT2D eigenvalue weighted by atomic mass is 19.2. The second kappa shape index (κ2) is 4.74. The number of anilines is 3. The van der Waals surface area contributed by atoms with Gasteiger partial charge in [-0.05, 0) is 12.1 Å². The molecule has 0 radical (unpaired) electrons. The zero-order valence-electron chi connectivity index (χ0n) is 10.1. The van der Waals surface area contributed by atoms with Gasteiger partial charge in [0.2, 0.25) is 0 Å². The number of halogens is 2. The van der Waals surface area contributed by atoms with Crippen molar-refractivity contribution >= 4 is 23.0 Å². The minimum Gasteiger partial charge on any atom is -0.337 e. The van der Waals surface area contributed by atoms with Crippen LogP contribution in [0.25, 0.3) is 5.65 Å². The zero-order valence-corrected chi connectivity index (χ0v) is 10.1. The van der Waals surface area contributed by atoms with E-state index in [1.54, 1.807) is 23.0 Å². The molecule has 0 aliphatic rings. The smallest absolute Gasteiger partial charge is 0.180 e. The monoisotopic (exact) mass is 276 g/mol. The molecular formula is C12H10F2N6. The lowest BCUT2D eigenvalue weighted by molar-refractivity contribution is 0.509. The molecule has 6 nitrogen and oxygen atoms in total. The Morgan fingerprint density at radius 3 is 2.80 bits per heavy atom. The average molecular weight is 276 g/mol. The number of hydrogen-bond acceptors (Lipinski definition) is 5. The minimum absolute atomic E-state index is 0.357. The average Bonchev–Trinajstić information content (AvgIpc) is 2.91. The number of imidazole rings is 1. The quantitative estimate of drug-likeness (QED) is 0.504. The van der Waals surface area contributed by atoms with Crippen LogP contribution in [0.2, 0.25) is 0 Å². The Hall–Kier alpha value is -2.74. The molecule has 102 valence electrons. The van der Waals surface area contributed by atoms with Gasteiger partial charge >= 0.3 is 0 Å². The number of benzene rings is 1. The Morgan fingerprint density at radius 2 is 2.05 bits per heavy atom. The third-order valence-corrected chi connectivity index (χ3v) is 2.70. The summed E-state index contributed by atoms with van der Waals surface area (Å²) in [5.74, 6) is 4.25. The van der Waals surface area contributed by atoms with Crippen molar-refractivity contribution in [3.8, 4) is 0 Å². The molecule has 0 fully saturated rings. The highest BCUT2D eigenvalue weighted by Crippen LogP contribution is 2.22. The van der Waals surface area contributed by atoms with E-state index in [0.29, 0.717) is 23.0 Å². The molecule has 0 amide bonds. The highest BCUT2D eigenvalue weighted by molar-refractivity contribution is 5.71. The van der Waals surface area contributed by atoms with Crippen LogP contribution in [0.15, 0.2) is 36.8 Å². The van der Waals surface area contributed by atoms with Gasteiger partial charge in [-0.25, -0.2) is 24.6 Å². The number of fused-ring (bicyclic) bond motifs is 1. The second-order valence-corrected chi connectivity index (χ2v) is 4.03. The molecule has 0 unspecified atom stereocenters. The normalized spacial score (nSPS) is 10.8. The molecule has 3 rings (SSSR count). The summed E-state index contributed by atoms with van der Waals surface area (Å²) < 4.78 is 27.8. The summed E-state index contributed by atoms with van der Waals surface area (Å²) in [4.78, 5) is 8.32. The summed E-state index contributed by atoms with van der Waals surface area (Å²) in [5, 5.41) is 2.88. The van der Waals surface area contributed by atoms with E-state index in [0.717, 1.165) is 12.1 Å². The Kier molecular flexibility index (Phi) is 2.92. The van der Waals surface area contributed by atoms with E-state index in [2.05, 4.69) is 20.7 Å². The van der Waals surface area contributed by atoms with Crippen molar-refractivity contribution in [2.24, 2.45) is 5.84 Å². The Morgan fingerprint density at radius 1 is 1.20 bits per heavy atom. The van der Waals surface area contributed by atoms with Crippen LogP contribution in [0, 0.1) is 11.6 Å². The minimum atomic E-state index is -0.942. The molecule has 8 heteroatoms. The van der Waals surface area contributed by atoms with Gasteiger partial charge in [0.25, 0.3) is 0 Å². The van der Waals surface area contributed by atoms with Gasteiger partial charge in [-0.3, -0.25) is 0 Å². The van der Waals surface area contributed by atoms with Gasteiger partial charge in [0, 0.05) is 24.1 Å². The molecule has 2 aromatic heterocycles. The summed E-state index contributed by atoms with van der Waals surface area (Å²) in [5.41, 5.74) is 3.31. The number of nitrogen functional groups attached to an aromatic ring is 1. The van der Waals surface area contributed by atoms with Crippen molar-refractivity contribution in [1.29, 1.82) is 0 Å². The number of rotatable bonds is 3. The maximum Gasteiger partial charge on any atom is 0.180 e. The first kappa shape index (κ1) is 12.3. The van der Waals surface area contributed by atoms with E-state index in [1.165, 1.54) is 6.07 Å². The van der Waals surface area contributed by atoms with Crippen molar-refractivity contribution in [3.63, 3.8) is 0 Å².